The molecular formula is C31H53NO. The van der Waals surface area contributed by atoms with Gasteiger partial charge in [-0.1, -0.05) is 84.5 Å². The molecule has 0 saturated heterocycles. The minimum atomic E-state index is 0.745. The highest BCUT2D eigenvalue weighted by molar-refractivity contribution is 5.20. The average Bonchev–Trinajstić information content (AvgIpc) is 2.86. The summed E-state index contributed by atoms with van der Waals surface area (Å²) in [5.41, 5.74) is 1.21. The van der Waals surface area contributed by atoms with Crippen molar-refractivity contribution < 1.29 is 4.74 Å². The maximum Gasteiger partial charge on any atom is 0.137 e. The number of pyridine rings is 1. The monoisotopic (exact) mass is 455 g/mol. The maximum absolute atomic E-state index is 6.13. The van der Waals surface area contributed by atoms with Crippen LogP contribution >= 0.6 is 0 Å². The van der Waals surface area contributed by atoms with E-state index in [0.717, 1.165) is 42.4 Å². The quantitative estimate of drug-likeness (QED) is 0.246. The van der Waals surface area contributed by atoms with Gasteiger partial charge in [-0.15, -0.1) is 0 Å². The Morgan fingerprint density at radius 1 is 0.697 bits per heavy atom. The Bertz CT molecular complexity index is 596. The van der Waals surface area contributed by atoms with Gasteiger partial charge in [0, 0.05) is 5.69 Å². The molecule has 0 bridgehead atoms. The van der Waals surface area contributed by atoms with E-state index in [1.807, 2.05) is 6.20 Å². The number of aromatic nitrogens is 1. The van der Waals surface area contributed by atoms with Crippen molar-refractivity contribution in [1.29, 1.82) is 0 Å². The van der Waals surface area contributed by atoms with Crippen LogP contribution in [0.25, 0.3) is 0 Å². The zero-order valence-corrected chi connectivity index (χ0v) is 22.0. The number of aryl methyl sites for hydroxylation is 1. The van der Waals surface area contributed by atoms with Crippen LogP contribution in [0.4, 0.5) is 0 Å². The van der Waals surface area contributed by atoms with Crippen LogP contribution in [0.1, 0.15) is 135 Å². The molecule has 0 spiro atoms. The van der Waals surface area contributed by atoms with E-state index in [1.54, 1.807) is 0 Å². The van der Waals surface area contributed by atoms with Gasteiger partial charge >= 0.3 is 0 Å². The summed E-state index contributed by atoms with van der Waals surface area (Å²) >= 11 is 0. The molecule has 33 heavy (non-hydrogen) atoms. The fraction of sp³-hybridized carbons (Fsp3) is 0.839. The highest BCUT2D eigenvalue weighted by Crippen LogP contribution is 2.42. The van der Waals surface area contributed by atoms with Crippen molar-refractivity contribution in [3.63, 3.8) is 0 Å². The highest BCUT2D eigenvalue weighted by Gasteiger charge is 2.30. The second-order valence-corrected chi connectivity index (χ2v) is 11.4. The van der Waals surface area contributed by atoms with E-state index in [0.29, 0.717) is 0 Å². The van der Waals surface area contributed by atoms with Crippen LogP contribution in [0, 0.1) is 23.7 Å². The van der Waals surface area contributed by atoms with E-state index in [1.165, 1.54) is 121 Å². The van der Waals surface area contributed by atoms with Crippen LogP contribution in [-0.4, -0.2) is 11.6 Å². The predicted octanol–water partition coefficient (Wildman–Crippen LogP) is 9.56. The van der Waals surface area contributed by atoms with Crippen molar-refractivity contribution in [3.8, 4) is 5.75 Å². The Hall–Kier alpha value is -1.05. The summed E-state index contributed by atoms with van der Waals surface area (Å²) in [6.07, 6.45) is 28.7. The van der Waals surface area contributed by atoms with Gasteiger partial charge in [0.25, 0.3) is 0 Å². The van der Waals surface area contributed by atoms with Gasteiger partial charge in [-0.3, -0.25) is 4.98 Å². The summed E-state index contributed by atoms with van der Waals surface area (Å²) in [4.78, 5) is 4.60. The molecule has 0 aromatic carbocycles. The third-order valence-corrected chi connectivity index (χ3v) is 8.74. The van der Waals surface area contributed by atoms with Crippen molar-refractivity contribution in [2.24, 2.45) is 23.7 Å². The van der Waals surface area contributed by atoms with E-state index in [4.69, 9.17) is 4.74 Å². The molecule has 2 fully saturated rings. The molecule has 1 aromatic heterocycles. The molecule has 0 amide bonds. The van der Waals surface area contributed by atoms with Gasteiger partial charge in [0.1, 0.15) is 5.75 Å². The van der Waals surface area contributed by atoms with E-state index in [-0.39, 0.29) is 0 Å². The topological polar surface area (TPSA) is 22.1 Å². The fourth-order valence-electron chi connectivity index (χ4n) is 6.40. The van der Waals surface area contributed by atoms with Gasteiger partial charge in [-0.2, -0.15) is 0 Å². The highest BCUT2D eigenvalue weighted by atomic mass is 16.5. The number of hydrogen-bond donors (Lipinski definition) is 0. The smallest absolute Gasteiger partial charge is 0.137 e. The predicted molar refractivity (Wildman–Crippen MR) is 142 cm³/mol. The van der Waals surface area contributed by atoms with Crippen molar-refractivity contribution in [3.05, 3.63) is 24.0 Å². The minimum Gasteiger partial charge on any atom is -0.492 e. The molecule has 2 nitrogen and oxygen atoms in total. The van der Waals surface area contributed by atoms with Gasteiger partial charge < -0.3 is 4.74 Å². The molecule has 3 rings (SSSR count). The summed E-state index contributed by atoms with van der Waals surface area (Å²) in [5, 5.41) is 0. The standard InChI is InChI=1S/C31H53NO/c1-3-5-7-8-9-11-12-26-14-18-28(19-15-26)29-20-16-27(17-21-29)25-33-31-23-22-30(32-24-31)13-10-6-4-2/h22-24,26-29H,3-21,25H2,1-2H3. The molecule has 0 aliphatic heterocycles. The molecule has 1 heterocycles. The Morgan fingerprint density at radius 2 is 1.30 bits per heavy atom. The van der Waals surface area contributed by atoms with Gasteiger partial charge in [0.2, 0.25) is 0 Å². The van der Waals surface area contributed by atoms with Crippen molar-refractivity contribution in [2.75, 3.05) is 6.61 Å². The molecule has 2 saturated carbocycles. The molecule has 188 valence electrons. The van der Waals surface area contributed by atoms with Crippen molar-refractivity contribution in [1.82, 2.24) is 4.98 Å². The molecular weight excluding hydrogens is 402 g/mol. The number of rotatable bonds is 15. The summed E-state index contributed by atoms with van der Waals surface area (Å²) in [5.74, 6) is 4.77. The van der Waals surface area contributed by atoms with Crippen LogP contribution < -0.4 is 4.74 Å². The van der Waals surface area contributed by atoms with Crippen LogP contribution in [-0.2, 0) is 6.42 Å². The number of hydrogen-bond acceptors (Lipinski definition) is 2. The maximum atomic E-state index is 6.13. The zero-order chi connectivity index (χ0) is 23.1. The van der Waals surface area contributed by atoms with E-state index >= 15 is 0 Å². The lowest BCUT2D eigenvalue weighted by atomic mass is 9.69. The van der Waals surface area contributed by atoms with Crippen molar-refractivity contribution in [2.45, 2.75) is 136 Å². The second-order valence-electron chi connectivity index (χ2n) is 11.4. The second kappa shape index (κ2) is 15.8. The molecule has 1 aromatic rings. The Morgan fingerprint density at radius 3 is 1.94 bits per heavy atom. The molecule has 2 aliphatic rings. The van der Waals surface area contributed by atoms with Crippen molar-refractivity contribution >= 4 is 0 Å². The van der Waals surface area contributed by atoms with Gasteiger partial charge in [0.15, 0.2) is 0 Å². The van der Waals surface area contributed by atoms with E-state index < -0.39 is 0 Å². The number of nitrogens with zero attached hydrogens (tertiary/aromatic N) is 1. The Kier molecular flexibility index (Phi) is 12.7. The molecule has 0 radical (unpaired) electrons. The van der Waals surface area contributed by atoms with Crippen LogP contribution in [0.5, 0.6) is 5.75 Å². The zero-order valence-electron chi connectivity index (χ0n) is 22.0. The van der Waals surface area contributed by atoms with Gasteiger partial charge in [-0.05, 0) is 87.2 Å². The molecule has 0 N–H and O–H groups in total. The third-order valence-electron chi connectivity index (χ3n) is 8.74. The molecule has 2 heteroatoms. The van der Waals surface area contributed by atoms with Gasteiger partial charge in [0.05, 0.1) is 12.8 Å². The normalized spacial score (nSPS) is 25.8. The first-order chi connectivity index (χ1) is 16.3. The Balaban J connectivity index is 1.25. The average molecular weight is 456 g/mol. The van der Waals surface area contributed by atoms with Gasteiger partial charge in [-0.25, -0.2) is 0 Å². The summed E-state index contributed by atoms with van der Waals surface area (Å²) in [7, 11) is 0. The largest absolute Gasteiger partial charge is 0.492 e. The van der Waals surface area contributed by atoms with Crippen LogP contribution in [0.15, 0.2) is 18.3 Å². The molecule has 2 aliphatic carbocycles. The van der Waals surface area contributed by atoms with E-state index in [2.05, 4.69) is 31.0 Å². The minimum absolute atomic E-state index is 0.745. The van der Waals surface area contributed by atoms with E-state index in [9.17, 15) is 0 Å². The number of unbranched alkanes of at least 4 members (excludes halogenated alkanes) is 7. The Labute approximate surface area is 205 Å². The summed E-state index contributed by atoms with van der Waals surface area (Å²) < 4.78 is 6.13. The first-order valence-electron chi connectivity index (χ1n) is 14.9. The SMILES string of the molecule is CCCCCCCCC1CCC(C2CCC(COc3ccc(CCCCC)nc3)CC2)CC1. The fourth-order valence-corrected chi connectivity index (χ4v) is 6.40. The lowest BCUT2D eigenvalue weighted by Crippen LogP contribution is -2.27. The lowest BCUT2D eigenvalue weighted by molar-refractivity contribution is 0.121. The van der Waals surface area contributed by atoms with Crippen LogP contribution in [0.2, 0.25) is 0 Å². The molecule has 0 unspecified atom stereocenters. The van der Waals surface area contributed by atoms with Crippen LogP contribution in [0.3, 0.4) is 0 Å². The number of ether oxygens (including phenoxy) is 1. The third kappa shape index (κ3) is 9.99. The summed E-state index contributed by atoms with van der Waals surface area (Å²) in [6, 6.07) is 4.29. The first kappa shape index (κ1) is 26.6. The first-order valence-corrected chi connectivity index (χ1v) is 14.9. The summed E-state index contributed by atoms with van der Waals surface area (Å²) in [6.45, 7) is 5.44. The molecule has 0 atom stereocenters. The lowest BCUT2D eigenvalue weighted by Gasteiger charge is -2.38.